The van der Waals surface area contributed by atoms with Gasteiger partial charge >= 0.3 is 0 Å². The van der Waals surface area contributed by atoms with Crippen LogP contribution in [-0.2, 0) is 4.79 Å². The van der Waals surface area contributed by atoms with Gasteiger partial charge in [-0.2, -0.15) is 0 Å². The van der Waals surface area contributed by atoms with Crippen molar-refractivity contribution in [3.63, 3.8) is 0 Å². The first-order valence-corrected chi connectivity index (χ1v) is 9.75. The van der Waals surface area contributed by atoms with Crippen molar-refractivity contribution in [2.75, 3.05) is 26.7 Å². The fourth-order valence-corrected chi connectivity index (χ4v) is 3.76. The lowest BCUT2D eigenvalue weighted by atomic mass is 9.98. The molecule has 1 saturated heterocycles. The molecular formula is C23H28N2O3. The predicted molar refractivity (Wildman–Crippen MR) is 110 cm³/mol. The number of carbonyl (C=O) groups is 2. The Morgan fingerprint density at radius 1 is 1.14 bits per heavy atom. The van der Waals surface area contributed by atoms with E-state index in [1.54, 1.807) is 7.11 Å². The molecule has 5 heteroatoms. The molecule has 2 aromatic rings. The van der Waals surface area contributed by atoms with E-state index >= 15 is 0 Å². The summed E-state index contributed by atoms with van der Waals surface area (Å²) in [5.41, 5.74) is 3.72. The number of amides is 1. The molecule has 5 nitrogen and oxygen atoms in total. The number of ketones is 1. The number of para-hydroxylation sites is 1. The number of methoxy groups -OCH3 is 1. The van der Waals surface area contributed by atoms with E-state index in [0.717, 1.165) is 34.5 Å². The van der Waals surface area contributed by atoms with Crippen LogP contribution < -0.4 is 10.1 Å². The first kappa shape index (κ1) is 20.1. The molecular weight excluding hydrogens is 352 g/mol. The van der Waals surface area contributed by atoms with Gasteiger partial charge in [0, 0.05) is 43.6 Å². The minimum Gasteiger partial charge on any atom is -0.496 e. The van der Waals surface area contributed by atoms with Crippen LogP contribution in [0.3, 0.4) is 0 Å². The average molecular weight is 380 g/mol. The molecule has 0 bridgehead atoms. The number of benzene rings is 2. The van der Waals surface area contributed by atoms with Gasteiger partial charge in [0.25, 0.3) is 0 Å². The highest BCUT2D eigenvalue weighted by Gasteiger charge is 2.29. The van der Waals surface area contributed by atoms with Crippen LogP contribution in [0.15, 0.2) is 42.5 Å². The summed E-state index contributed by atoms with van der Waals surface area (Å²) in [5, 5.41) is 3.36. The largest absolute Gasteiger partial charge is 0.496 e. The number of nitrogens with one attached hydrogen (secondary N) is 1. The molecule has 0 aliphatic carbocycles. The van der Waals surface area contributed by atoms with Crippen molar-refractivity contribution in [1.82, 2.24) is 10.2 Å². The van der Waals surface area contributed by atoms with E-state index in [1.807, 2.05) is 61.2 Å². The van der Waals surface area contributed by atoms with Gasteiger partial charge in [0.1, 0.15) is 5.75 Å². The van der Waals surface area contributed by atoms with Crippen LogP contribution in [0, 0.1) is 13.8 Å². The zero-order valence-corrected chi connectivity index (χ0v) is 16.8. The maximum atomic E-state index is 13.0. The third-order valence-corrected chi connectivity index (χ3v) is 5.32. The summed E-state index contributed by atoms with van der Waals surface area (Å²) >= 11 is 0. The molecule has 0 aromatic heterocycles. The molecule has 0 radical (unpaired) electrons. The lowest BCUT2D eigenvalue weighted by Crippen LogP contribution is -2.48. The zero-order valence-electron chi connectivity index (χ0n) is 16.8. The Balaban J connectivity index is 1.71. The third-order valence-electron chi connectivity index (χ3n) is 5.32. The second kappa shape index (κ2) is 9.02. The molecule has 1 N–H and O–H groups in total. The van der Waals surface area contributed by atoms with Gasteiger partial charge in [0.2, 0.25) is 5.91 Å². The highest BCUT2D eigenvalue weighted by atomic mass is 16.5. The molecule has 0 saturated carbocycles. The standard InChI is InChI=1S/C23H28N2O3/c1-16-8-9-17(2)19(14-16)21(26)10-11-23(27)25-13-12-24-15-20(25)18-6-4-5-7-22(18)28-3/h4-9,14,20,24H,10-13,15H2,1-3H3. The molecule has 1 fully saturated rings. The number of ether oxygens (including phenoxy) is 1. The molecule has 148 valence electrons. The SMILES string of the molecule is COc1ccccc1C1CNCCN1C(=O)CCC(=O)c1cc(C)ccc1C. The number of hydrogen-bond donors (Lipinski definition) is 1. The monoisotopic (exact) mass is 380 g/mol. The van der Waals surface area contributed by atoms with Gasteiger partial charge in [-0.15, -0.1) is 0 Å². The molecule has 2 aromatic carbocycles. The Morgan fingerprint density at radius 2 is 1.93 bits per heavy atom. The maximum absolute atomic E-state index is 13.0. The van der Waals surface area contributed by atoms with Crippen LogP contribution in [0.5, 0.6) is 5.75 Å². The fraction of sp³-hybridized carbons (Fsp3) is 0.391. The maximum Gasteiger partial charge on any atom is 0.223 e. The van der Waals surface area contributed by atoms with Gasteiger partial charge in [-0.1, -0.05) is 35.9 Å². The minimum atomic E-state index is -0.0896. The molecule has 1 aliphatic rings. The predicted octanol–water partition coefficient (Wildman–Crippen LogP) is 3.45. The molecule has 1 atom stereocenters. The molecule has 1 amide bonds. The van der Waals surface area contributed by atoms with Gasteiger partial charge in [0.15, 0.2) is 5.78 Å². The summed E-state index contributed by atoms with van der Waals surface area (Å²) in [6.07, 6.45) is 0.448. The smallest absolute Gasteiger partial charge is 0.223 e. The minimum absolute atomic E-state index is 0.0102. The summed E-state index contributed by atoms with van der Waals surface area (Å²) in [6, 6.07) is 13.6. The van der Waals surface area contributed by atoms with Crippen LogP contribution in [0.1, 0.15) is 45.9 Å². The Morgan fingerprint density at radius 3 is 2.71 bits per heavy atom. The molecule has 3 rings (SSSR count). The zero-order chi connectivity index (χ0) is 20.1. The Bertz CT molecular complexity index is 863. The topological polar surface area (TPSA) is 58.6 Å². The number of nitrogens with zero attached hydrogens (tertiary/aromatic N) is 1. The van der Waals surface area contributed by atoms with Crippen molar-refractivity contribution >= 4 is 11.7 Å². The van der Waals surface area contributed by atoms with E-state index < -0.39 is 0 Å². The van der Waals surface area contributed by atoms with Crippen molar-refractivity contribution in [2.45, 2.75) is 32.7 Å². The van der Waals surface area contributed by atoms with E-state index in [1.165, 1.54) is 0 Å². The van der Waals surface area contributed by atoms with Crippen LogP contribution in [0.2, 0.25) is 0 Å². The van der Waals surface area contributed by atoms with Crippen molar-refractivity contribution in [3.05, 3.63) is 64.7 Å². The summed E-state index contributed by atoms with van der Waals surface area (Å²) < 4.78 is 5.49. The van der Waals surface area contributed by atoms with E-state index in [4.69, 9.17) is 4.74 Å². The van der Waals surface area contributed by atoms with E-state index in [0.29, 0.717) is 13.1 Å². The average Bonchev–Trinajstić information content (AvgIpc) is 2.73. The fourth-order valence-electron chi connectivity index (χ4n) is 3.76. The van der Waals surface area contributed by atoms with Crippen molar-refractivity contribution in [2.24, 2.45) is 0 Å². The van der Waals surface area contributed by atoms with Gasteiger partial charge in [0.05, 0.1) is 13.2 Å². The molecule has 28 heavy (non-hydrogen) atoms. The molecule has 1 aliphatic heterocycles. The van der Waals surface area contributed by atoms with Gasteiger partial charge < -0.3 is 15.0 Å². The van der Waals surface area contributed by atoms with E-state index in [-0.39, 0.29) is 30.6 Å². The second-order valence-electron chi connectivity index (χ2n) is 7.29. The van der Waals surface area contributed by atoms with Crippen LogP contribution >= 0.6 is 0 Å². The lowest BCUT2D eigenvalue weighted by Gasteiger charge is -2.37. The van der Waals surface area contributed by atoms with Gasteiger partial charge in [-0.25, -0.2) is 0 Å². The van der Waals surface area contributed by atoms with Crippen LogP contribution in [0.25, 0.3) is 0 Å². The van der Waals surface area contributed by atoms with Crippen molar-refractivity contribution in [1.29, 1.82) is 0 Å². The quantitative estimate of drug-likeness (QED) is 0.780. The van der Waals surface area contributed by atoms with Gasteiger partial charge in [-0.3, -0.25) is 9.59 Å². The Labute approximate surface area is 166 Å². The summed E-state index contributed by atoms with van der Waals surface area (Å²) in [6.45, 7) is 5.96. The van der Waals surface area contributed by atoms with Crippen LogP contribution in [0.4, 0.5) is 0 Å². The van der Waals surface area contributed by atoms with E-state index in [2.05, 4.69) is 5.32 Å². The first-order chi connectivity index (χ1) is 13.5. The number of Topliss-reactive ketones (excluding diaryl/α,β-unsaturated/α-hetero) is 1. The molecule has 0 spiro atoms. The molecule has 1 heterocycles. The first-order valence-electron chi connectivity index (χ1n) is 9.75. The van der Waals surface area contributed by atoms with E-state index in [9.17, 15) is 9.59 Å². The van der Waals surface area contributed by atoms with Crippen molar-refractivity contribution in [3.8, 4) is 5.75 Å². The Kier molecular flexibility index (Phi) is 6.47. The number of hydrogen-bond acceptors (Lipinski definition) is 4. The number of carbonyl (C=O) groups excluding carboxylic acids is 2. The third kappa shape index (κ3) is 4.42. The van der Waals surface area contributed by atoms with Crippen LogP contribution in [-0.4, -0.2) is 43.3 Å². The lowest BCUT2D eigenvalue weighted by molar-refractivity contribution is -0.134. The highest BCUT2D eigenvalue weighted by molar-refractivity contribution is 5.99. The van der Waals surface area contributed by atoms with Gasteiger partial charge in [-0.05, 0) is 31.5 Å². The summed E-state index contributed by atoms with van der Waals surface area (Å²) in [5.74, 6) is 0.815. The second-order valence-corrected chi connectivity index (χ2v) is 7.29. The van der Waals surface area contributed by atoms with Crippen molar-refractivity contribution < 1.29 is 14.3 Å². The highest BCUT2D eigenvalue weighted by Crippen LogP contribution is 2.30. The number of rotatable bonds is 6. The molecule has 1 unspecified atom stereocenters. The summed E-state index contributed by atoms with van der Waals surface area (Å²) in [4.78, 5) is 27.5. The normalized spacial score (nSPS) is 16.7. The Hall–Kier alpha value is -2.66. The number of piperazine rings is 1. The number of aryl methyl sites for hydroxylation is 2. The summed E-state index contributed by atoms with van der Waals surface area (Å²) in [7, 11) is 1.64.